The van der Waals surface area contributed by atoms with Crippen LogP contribution < -0.4 is 0 Å². The van der Waals surface area contributed by atoms with E-state index in [1.165, 1.54) is 19.3 Å². The van der Waals surface area contributed by atoms with Gasteiger partial charge in [0.1, 0.15) is 11.9 Å². The summed E-state index contributed by atoms with van der Waals surface area (Å²) in [6.45, 7) is 2.03. The van der Waals surface area contributed by atoms with Gasteiger partial charge in [-0.05, 0) is 69.3 Å². The van der Waals surface area contributed by atoms with E-state index in [0.717, 1.165) is 48.9 Å². The van der Waals surface area contributed by atoms with Crippen LogP contribution in [0.4, 0.5) is 0 Å². The smallest absolute Gasteiger partial charge is 0.130 e. The summed E-state index contributed by atoms with van der Waals surface area (Å²) in [5.41, 5.74) is 0.115. The Morgan fingerprint density at radius 1 is 1.15 bits per heavy atom. The van der Waals surface area contributed by atoms with Gasteiger partial charge < -0.3 is 9.90 Å². The molecule has 5 rings (SSSR count). The first-order chi connectivity index (χ1) is 9.54. The second kappa shape index (κ2) is 4.07. The summed E-state index contributed by atoms with van der Waals surface area (Å²) in [4.78, 5) is 11.5. The van der Waals surface area contributed by atoms with Crippen LogP contribution in [0.5, 0.6) is 0 Å². The molecule has 2 atom stereocenters. The summed E-state index contributed by atoms with van der Waals surface area (Å²) in [5, 5.41) is 11.5. The van der Waals surface area contributed by atoms with Crippen LogP contribution in [0.3, 0.4) is 0 Å². The predicted molar refractivity (Wildman–Crippen MR) is 78.0 cm³/mol. The lowest BCUT2D eigenvalue weighted by molar-refractivity contribution is -0.173. The number of aliphatic hydroxyl groups is 1. The van der Waals surface area contributed by atoms with Gasteiger partial charge in [0.25, 0.3) is 0 Å². The minimum absolute atomic E-state index is 0.0423. The molecule has 0 saturated heterocycles. The van der Waals surface area contributed by atoms with Crippen molar-refractivity contribution >= 4 is 6.29 Å². The highest BCUT2D eigenvalue weighted by atomic mass is 16.3. The van der Waals surface area contributed by atoms with Gasteiger partial charge in [-0.25, -0.2) is 0 Å². The molecule has 0 aromatic heterocycles. The molecule has 5 aliphatic carbocycles. The lowest BCUT2D eigenvalue weighted by Gasteiger charge is -2.62. The fourth-order valence-electron chi connectivity index (χ4n) is 6.15. The molecule has 0 spiro atoms. The molecule has 20 heavy (non-hydrogen) atoms. The van der Waals surface area contributed by atoms with Crippen molar-refractivity contribution in [3.63, 3.8) is 0 Å². The fraction of sp³-hybridized carbons (Fsp3) is 0.722. The molecule has 2 heteroatoms. The van der Waals surface area contributed by atoms with Crippen molar-refractivity contribution in [2.45, 2.75) is 51.0 Å². The number of hydrogen-bond donors (Lipinski definition) is 1. The molecule has 0 aromatic carbocycles. The van der Waals surface area contributed by atoms with Crippen LogP contribution in [0.15, 0.2) is 23.8 Å². The van der Waals surface area contributed by atoms with E-state index in [4.69, 9.17) is 0 Å². The molecular weight excluding hydrogens is 248 g/mol. The second-order valence-electron chi connectivity index (χ2n) is 7.93. The monoisotopic (exact) mass is 272 g/mol. The zero-order valence-corrected chi connectivity index (χ0v) is 12.2. The third-order valence-electron chi connectivity index (χ3n) is 6.56. The lowest BCUT2D eigenvalue weighted by Crippen LogP contribution is -2.61. The summed E-state index contributed by atoms with van der Waals surface area (Å²) < 4.78 is 0. The summed E-state index contributed by atoms with van der Waals surface area (Å²) in [6, 6.07) is 0. The summed E-state index contributed by atoms with van der Waals surface area (Å²) in [6.07, 6.45) is 14.3. The van der Waals surface area contributed by atoms with Crippen LogP contribution in [-0.4, -0.2) is 17.0 Å². The first kappa shape index (κ1) is 12.8. The number of carbonyl (C=O) groups is 1. The maximum atomic E-state index is 11.5. The molecule has 4 bridgehead atoms. The maximum Gasteiger partial charge on any atom is 0.130 e. The van der Waals surface area contributed by atoms with Crippen LogP contribution in [0.1, 0.15) is 45.4 Å². The van der Waals surface area contributed by atoms with E-state index in [1.54, 1.807) is 0 Å². The number of allylic oxidation sites excluding steroid dienone is 2. The van der Waals surface area contributed by atoms with Gasteiger partial charge in [-0.15, -0.1) is 0 Å². The van der Waals surface area contributed by atoms with Crippen LogP contribution in [0, 0.1) is 29.1 Å². The topological polar surface area (TPSA) is 37.3 Å². The highest BCUT2D eigenvalue weighted by Gasteiger charge is 2.61. The second-order valence-corrected chi connectivity index (χ2v) is 7.93. The Bertz CT molecular complexity index is 466. The van der Waals surface area contributed by atoms with Crippen molar-refractivity contribution < 1.29 is 9.90 Å². The molecule has 5 aliphatic rings. The van der Waals surface area contributed by atoms with E-state index >= 15 is 0 Å². The van der Waals surface area contributed by atoms with Crippen molar-refractivity contribution in [1.82, 2.24) is 0 Å². The van der Waals surface area contributed by atoms with Crippen molar-refractivity contribution in [1.29, 1.82) is 0 Å². The SMILES string of the molecule is CC1=CC(O)(C23CC4CC(CC(C4)C2)C3)C(C=O)C=C1. The van der Waals surface area contributed by atoms with Crippen molar-refractivity contribution in [3.8, 4) is 0 Å². The average molecular weight is 272 g/mol. The minimum atomic E-state index is -0.941. The van der Waals surface area contributed by atoms with E-state index in [2.05, 4.69) is 0 Å². The first-order valence-corrected chi connectivity index (χ1v) is 8.10. The molecule has 108 valence electrons. The van der Waals surface area contributed by atoms with E-state index in [9.17, 15) is 9.90 Å². The molecule has 2 nitrogen and oxygen atoms in total. The number of aldehydes is 1. The van der Waals surface area contributed by atoms with Gasteiger partial charge in [0.05, 0.1) is 5.92 Å². The van der Waals surface area contributed by atoms with Gasteiger partial charge in [0.2, 0.25) is 0 Å². The van der Waals surface area contributed by atoms with Crippen LogP contribution >= 0.6 is 0 Å². The third-order valence-corrected chi connectivity index (χ3v) is 6.56. The van der Waals surface area contributed by atoms with Crippen molar-refractivity contribution in [3.05, 3.63) is 23.8 Å². The van der Waals surface area contributed by atoms with E-state index < -0.39 is 5.60 Å². The Kier molecular flexibility index (Phi) is 2.61. The van der Waals surface area contributed by atoms with Crippen LogP contribution in [-0.2, 0) is 4.79 Å². The van der Waals surface area contributed by atoms with E-state index in [-0.39, 0.29) is 11.3 Å². The van der Waals surface area contributed by atoms with Gasteiger partial charge in [-0.2, -0.15) is 0 Å². The van der Waals surface area contributed by atoms with Crippen LogP contribution in [0.2, 0.25) is 0 Å². The number of hydrogen-bond acceptors (Lipinski definition) is 2. The Morgan fingerprint density at radius 2 is 1.70 bits per heavy atom. The molecule has 0 aromatic rings. The lowest BCUT2D eigenvalue weighted by atomic mass is 9.43. The van der Waals surface area contributed by atoms with Gasteiger partial charge in [-0.1, -0.05) is 17.7 Å². The van der Waals surface area contributed by atoms with Gasteiger partial charge in [0.15, 0.2) is 0 Å². The molecule has 4 saturated carbocycles. The Hall–Kier alpha value is -0.890. The van der Waals surface area contributed by atoms with Gasteiger partial charge >= 0.3 is 0 Å². The zero-order valence-electron chi connectivity index (χ0n) is 12.2. The Labute approximate surface area is 120 Å². The average Bonchev–Trinajstić information content (AvgIpc) is 2.37. The third kappa shape index (κ3) is 1.57. The summed E-state index contributed by atoms with van der Waals surface area (Å²) in [7, 11) is 0. The predicted octanol–water partition coefficient (Wildman–Crippen LogP) is 3.27. The largest absolute Gasteiger partial charge is 0.384 e. The first-order valence-electron chi connectivity index (χ1n) is 8.10. The normalized spacial score (nSPS) is 53.0. The number of rotatable bonds is 2. The van der Waals surface area contributed by atoms with Crippen molar-refractivity contribution in [2.75, 3.05) is 0 Å². The molecule has 4 fully saturated rings. The summed E-state index contributed by atoms with van der Waals surface area (Å²) >= 11 is 0. The zero-order chi connectivity index (χ0) is 14.0. The molecule has 2 unspecified atom stereocenters. The van der Waals surface area contributed by atoms with E-state index in [0.29, 0.717) is 0 Å². The molecule has 0 aliphatic heterocycles. The highest BCUT2D eigenvalue weighted by molar-refractivity contribution is 5.62. The Morgan fingerprint density at radius 3 is 2.20 bits per heavy atom. The Balaban J connectivity index is 1.78. The number of carbonyl (C=O) groups excluding carboxylic acids is 1. The maximum absolute atomic E-state index is 11.5. The molecule has 0 amide bonds. The van der Waals surface area contributed by atoms with E-state index in [1.807, 2.05) is 25.2 Å². The molecule has 0 heterocycles. The molecule has 1 N–H and O–H groups in total. The van der Waals surface area contributed by atoms with Crippen molar-refractivity contribution in [2.24, 2.45) is 29.1 Å². The van der Waals surface area contributed by atoms with Gasteiger partial charge in [0, 0.05) is 5.41 Å². The van der Waals surface area contributed by atoms with Gasteiger partial charge in [-0.3, -0.25) is 0 Å². The van der Waals surface area contributed by atoms with Crippen LogP contribution in [0.25, 0.3) is 0 Å². The summed E-state index contributed by atoms with van der Waals surface area (Å²) in [5.74, 6) is 2.01. The minimum Gasteiger partial charge on any atom is -0.384 e. The molecule has 0 radical (unpaired) electrons. The fourth-order valence-corrected chi connectivity index (χ4v) is 6.15. The standard InChI is InChI=1S/C18H24O2/c1-12-2-3-16(11-19)18(20,7-12)17-8-13-4-14(9-17)6-15(5-13)10-17/h2-3,7,11,13-16,20H,4-6,8-10H2,1H3. The molecular formula is C18H24O2. The quantitative estimate of drug-likeness (QED) is 0.783. The highest BCUT2D eigenvalue weighted by Crippen LogP contribution is 2.65.